The maximum atomic E-state index is 14.6. The SMILES string of the molecule is Cc1ccc(Cl)cc1Nc1nc(C(F)(F)F)ccc1CCC(C(N)=O)c1ccc(N(C)[SH](=O)=O)c(F)c1. The number of carbonyl (C=O) groups is 1. The zero-order chi connectivity index (χ0) is 27.5. The highest BCUT2D eigenvalue weighted by Crippen LogP contribution is 2.33. The Morgan fingerprint density at radius 1 is 1.16 bits per heavy atom. The second-order valence-electron chi connectivity index (χ2n) is 8.25. The molecule has 13 heteroatoms. The molecule has 0 saturated heterocycles. The van der Waals surface area contributed by atoms with Crippen molar-refractivity contribution in [1.29, 1.82) is 0 Å². The fourth-order valence-corrected chi connectivity index (χ4v) is 4.19. The quantitative estimate of drug-likeness (QED) is 0.250. The van der Waals surface area contributed by atoms with Crippen LogP contribution in [0.25, 0.3) is 0 Å². The van der Waals surface area contributed by atoms with Crippen molar-refractivity contribution in [2.45, 2.75) is 31.9 Å². The fourth-order valence-electron chi connectivity index (χ4n) is 3.68. The molecule has 0 radical (unpaired) electrons. The molecule has 1 atom stereocenters. The number of rotatable bonds is 9. The third kappa shape index (κ3) is 6.89. The van der Waals surface area contributed by atoms with Crippen molar-refractivity contribution in [3.05, 3.63) is 81.8 Å². The Labute approximate surface area is 217 Å². The van der Waals surface area contributed by atoms with E-state index in [9.17, 15) is 30.8 Å². The van der Waals surface area contributed by atoms with Crippen LogP contribution in [-0.2, 0) is 28.3 Å². The standard InChI is InChI=1S/C24H23ClF4N4O3S/c1-13-3-7-16(25)12-19(13)31-23-14(6-10-21(32-23)24(27,28)29)4-8-17(22(30)34)15-5-9-20(18(26)11-15)33(2)37(35)36/h3,5-7,9-12,17,37H,4,8H2,1-2H3,(H2,30,34)(H,31,32). The lowest BCUT2D eigenvalue weighted by Gasteiger charge is -2.19. The van der Waals surface area contributed by atoms with E-state index in [1.807, 2.05) is 0 Å². The summed E-state index contributed by atoms with van der Waals surface area (Å²) in [5.74, 6) is -2.74. The molecule has 0 saturated carbocycles. The predicted molar refractivity (Wildman–Crippen MR) is 134 cm³/mol. The van der Waals surface area contributed by atoms with Gasteiger partial charge in [-0.2, -0.15) is 13.2 Å². The van der Waals surface area contributed by atoms with Crippen LogP contribution in [0.2, 0.25) is 5.02 Å². The molecule has 0 bridgehead atoms. The van der Waals surface area contributed by atoms with Gasteiger partial charge in [-0.15, -0.1) is 0 Å². The lowest BCUT2D eigenvalue weighted by molar-refractivity contribution is -0.141. The van der Waals surface area contributed by atoms with E-state index < -0.39 is 40.4 Å². The second kappa shape index (κ2) is 11.3. The summed E-state index contributed by atoms with van der Waals surface area (Å²) in [6.07, 6.45) is -4.60. The third-order valence-corrected chi connectivity index (χ3v) is 6.68. The molecule has 3 rings (SSSR count). The molecule has 198 valence electrons. The van der Waals surface area contributed by atoms with Crippen molar-refractivity contribution >= 4 is 45.6 Å². The van der Waals surface area contributed by atoms with E-state index in [2.05, 4.69) is 10.3 Å². The predicted octanol–water partition coefficient (Wildman–Crippen LogP) is 5.11. The van der Waals surface area contributed by atoms with Gasteiger partial charge in [0, 0.05) is 17.8 Å². The Morgan fingerprint density at radius 2 is 1.86 bits per heavy atom. The van der Waals surface area contributed by atoms with Gasteiger partial charge in [0.2, 0.25) is 16.8 Å². The second-order valence-corrected chi connectivity index (χ2v) is 9.76. The average molecular weight is 559 g/mol. The molecule has 2 aromatic carbocycles. The zero-order valence-electron chi connectivity index (χ0n) is 19.6. The highest BCUT2D eigenvalue weighted by atomic mass is 35.5. The van der Waals surface area contributed by atoms with Gasteiger partial charge in [-0.05, 0) is 66.8 Å². The zero-order valence-corrected chi connectivity index (χ0v) is 21.3. The summed E-state index contributed by atoms with van der Waals surface area (Å²) in [7, 11) is -1.90. The van der Waals surface area contributed by atoms with Gasteiger partial charge in [0.25, 0.3) is 0 Å². The van der Waals surface area contributed by atoms with Gasteiger partial charge in [0.05, 0.1) is 11.6 Å². The summed E-state index contributed by atoms with van der Waals surface area (Å²) in [4.78, 5) is 15.9. The van der Waals surface area contributed by atoms with Crippen LogP contribution in [0.1, 0.15) is 34.7 Å². The molecule has 1 heterocycles. The summed E-state index contributed by atoms with van der Waals surface area (Å²) in [6, 6.07) is 10.6. The lowest BCUT2D eigenvalue weighted by Crippen LogP contribution is -2.23. The summed E-state index contributed by atoms with van der Waals surface area (Å²) in [5, 5.41) is 3.26. The van der Waals surface area contributed by atoms with Crippen molar-refractivity contribution in [2.75, 3.05) is 16.7 Å². The van der Waals surface area contributed by atoms with Gasteiger partial charge in [-0.3, -0.25) is 9.10 Å². The van der Waals surface area contributed by atoms with E-state index in [0.29, 0.717) is 21.8 Å². The molecule has 0 spiro atoms. The van der Waals surface area contributed by atoms with Crippen LogP contribution in [-0.4, -0.2) is 26.4 Å². The number of nitrogens with zero attached hydrogens (tertiary/aromatic N) is 2. The molecule has 0 fully saturated rings. The number of primary amides is 1. The Bertz CT molecular complexity index is 1390. The van der Waals surface area contributed by atoms with Crippen molar-refractivity contribution in [3.8, 4) is 0 Å². The van der Waals surface area contributed by atoms with Gasteiger partial charge in [0.15, 0.2) is 0 Å². The van der Waals surface area contributed by atoms with Crippen LogP contribution in [0.3, 0.4) is 0 Å². The van der Waals surface area contributed by atoms with Crippen LogP contribution in [0, 0.1) is 12.7 Å². The number of carbonyl (C=O) groups excluding carboxylic acids is 1. The minimum atomic E-state index is -4.69. The number of benzene rings is 2. The third-order valence-electron chi connectivity index (χ3n) is 5.74. The monoisotopic (exact) mass is 558 g/mol. The van der Waals surface area contributed by atoms with E-state index in [-0.39, 0.29) is 29.9 Å². The molecule has 0 aliphatic carbocycles. The molecular weight excluding hydrogens is 536 g/mol. The number of aryl methyl sites for hydroxylation is 2. The number of nitrogens with one attached hydrogen (secondary N) is 1. The van der Waals surface area contributed by atoms with Gasteiger partial charge >= 0.3 is 6.18 Å². The van der Waals surface area contributed by atoms with Gasteiger partial charge in [0.1, 0.15) is 17.3 Å². The van der Waals surface area contributed by atoms with Crippen LogP contribution in [0.15, 0.2) is 48.5 Å². The number of anilines is 3. The molecular formula is C24H23ClF4N4O3S. The molecule has 3 N–H and O–H groups in total. The first kappa shape index (κ1) is 28.2. The lowest BCUT2D eigenvalue weighted by atomic mass is 9.91. The molecule has 1 aromatic heterocycles. The van der Waals surface area contributed by atoms with E-state index in [0.717, 1.165) is 16.4 Å². The number of amides is 1. The average Bonchev–Trinajstić information content (AvgIpc) is 2.81. The van der Waals surface area contributed by atoms with Crippen LogP contribution >= 0.6 is 11.6 Å². The van der Waals surface area contributed by atoms with Crippen molar-refractivity contribution in [3.63, 3.8) is 0 Å². The number of hydrogen-bond donors (Lipinski definition) is 3. The molecule has 1 amide bonds. The number of pyridine rings is 1. The van der Waals surface area contributed by atoms with Gasteiger partial charge in [-0.1, -0.05) is 29.8 Å². The minimum absolute atomic E-state index is 0.0238. The van der Waals surface area contributed by atoms with Crippen LogP contribution in [0.5, 0.6) is 0 Å². The summed E-state index contributed by atoms with van der Waals surface area (Å²) in [5.41, 5.74) is 5.95. The highest BCUT2D eigenvalue weighted by Gasteiger charge is 2.33. The number of alkyl halides is 3. The van der Waals surface area contributed by atoms with Crippen molar-refractivity contribution in [2.24, 2.45) is 5.73 Å². The van der Waals surface area contributed by atoms with E-state index in [1.165, 1.54) is 25.2 Å². The normalized spacial score (nSPS) is 12.4. The van der Waals surface area contributed by atoms with Crippen molar-refractivity contribution in [1.82, 2.24) is 4.98 Å². The molecule has 7 nitrogen and oxygen atoms in total. The van der Waals surface area contributed by atoms with Gasteiger partial charge in [-0.25, -0.2) is 17.8 Å². The highest BCUT2D eigenvalue weighted by molar-refractivity contribution is 7.74. The summed E-state index contributed by atoms with van der Waals surface area (Å²) in [6.45, 7) is 1.74. The summed E-state index contributed by atoms with van der Waals surface area (Å²) < 4.78 is 77.7. The molecule has 37 heavy (non-hydrogen) atoms. The number of hydrogen-bond acceptors (Lipinski definition) is 5. The van der Waals surface area contributed by atoms with Crippen LogP contribution in [0.4, 0.5) is 34.8 Å². The Hall–Kier alpha value is -3.38. The molecule has 0 aliphatic rings. The van der Waals surface area contributed by atoms with E-state index in [1.54, 1.807) is 25.1 Å². The van der Waals surface area contributed by atoms with E-state index >= 15 is 0 Å². The number of aromatic nitrogens is 1. The Kier molecular flexibility index (Phi) is 8.64. The topological polar surface area (TPSA) is 105 Å². The molecule has 3 aromatic rings. The fraction of sp³-hybridized carbons (Fsp3) is 0.250. The summed E-state index contributed by atoms with van der Waals surface area (Å²) >= 11 is 6.03. The molecule has 0 aliphatic heterocycles. The maximum Gasteiger partial charge on any atom is 0.433 e. The maximum absolute atomic E-state index is 14.6. The number of halogens is 5. The van der Waals surface area contributed by atoms with Crippen molar-refractivity contribution < 1.29 is 30.8 Å². The first-order valence-corrected chi connectivity index (χ1v) is 12.4. The smallest absolute Gasteiger partial charge is 0.369 e. The Morgan fingerprint density at radius 3 is 2.46 bits per heavy atom. The first-order valence-electron chi connectivity index (χ1n) is 10.8. The largest absolute Gasteiger partial charge is 0.433 e. The number of thiol groups is 1. The Balaban J connectivity index is 1.93. The minimum Gasteiger partial charge on any atom is -0.369 e. The molecule has 1 unspecified atom stereocenters. The van der Waals surface area contributed by atoms with E-state index in [4.69, 9.17) is 17.3 Å². The first-order chi connectivity index (χ1) is 17.3. The van der Waals surface area contributed by atoms with Gasteiger partial charge < -0.3 is 11.1 Å². The number of nitrogens with two attached hydrogens (primary N) is 1. The van der Waals surface area contributed by atoms with Crippen LogP contribution < -0.4 is 15.4 Å².